The average molecular weight is 192 g/mol. The zero-order valence-corrected chi connectivity index (χ0v) is 7.58. The van der Waals surface area contributed by atoms with E-state index in [4.69, 9.17) is 0 Å². The van der Waals surface area contributed by atoms with Crippen LogP contribution in [0.2, 0.25) is 0 Å². The van der Waals surface area contributed by atoms with Crippen LogP contribution in [0.4, 0.5) is 5.69 Å². The summed E-state index contributed by atoms with van der Waals surface area (Å²) in [5.74, 6) is -0.0475. The van der Waals surface area contributed by atoms with Crippen molar-refractivity contribution in [1.29, 1.82) is 0 Å². The van der Waals surface area contributed by atoms with Crippen LogP contribution in [0.15, 0.2) is 30.3 Å². The normalized spacial score (nSPS) is 20.7. The van der Waals surface area contributed by atoms with E-state index in [2.05, 4.69) is 21.7 Å². The molecule has 0 aliphatic carbocycles. The Morgan fingerprint density at radius 2 is 2.14 bits per heavy atom. The number of hydrazine groups is 2. The van der Waals surface area contributed by atoms with Crippen LogP contribution in [0, 0.1) is 0 Å². The third-order valence-corrected chi connectivity index (χ3v) is 2.00. The smallest absolute Gasteiger partial charge is 0.244 e. The molecule has 1 unspecified atom stereocenters. The maximum absolute atomic E-state index is 11.6. The monoisotopic (exact) mass is 192 g/mol. The van der Waals surface area contributed by atoms with Crippen LogP contribution in [0.1, 0.15) is 0 Å². The molecule has 0 saturated carbocycles. The van der Waals surface area contributed by atoms with Crippen LogP contribution in [-0.4, -0.2) is 18.5 Å². The minimum absolute atomic E-state index is 0.0475. The van der Waals surface area contributed by atoms with Gasteiger partial charge >= 0.3 is 0 Å². The van der Waals surface area contributed by atoms with E-state index in [1.807, 2.05) is 30.3 Å². The number of hydrogen-bond donors (Lipinski definition) is 4. The van der Waals surface area contributed by atoms with E-state index < -0.39 is 0 Å². The molecule has 2 rings (SSSR count). The molecular formula is C9H12N4O. The number of para-hydroxylation sites is 1. The van der Waals surface area contributed by atoms with E-state index in [1.165, 1.54) is 0 Å². The van der Waals surface area contributed by atoms with Crippen molar-refractivity contribution in [2.45, 2.75) is 6.04 Å². The number of amides is 1. The third-order valence-electron chi connectivity index (χ3n) is 2.00. The summed E-state index contributed by atoms with van der Waals surface area (Å²) in [6, 6.07) is 9.16. The molecule has 5 heteroatoms. The summed E-state index contributed by atoms with van der Waals surface area (Å²) in [6.07, 6.45) is 0. The van der Waals surface area contributed by atoms with Crippen molar-refractivity contribution in [3.63, 3.8) is 0 Å². The Bertz CT molecular complexity index is 308. The van der Waals surface area contributed by atoms with Crippen molar-refractivity contribution in [1.82, 2.24) is 16.4 Å². The van der Waals surface area contributed by atoms with Gasteiger partial charge in [0.2, 0.25) is 5.91 Å². The van der Waals surface area contributed by atoms with Gasteiger partial charge in [-0.05, 0) is 12.1 Å². The molecule has 1 amide bonds. The lowest BCUT2D eigenvalue weighted by Crippen LogP contribution is -2.40. The zero-order valence-electron chi connectivity index (χ0n) is 7.58. The first kappa shape index (κ1) is 9.14. The molecule has 14 heavy (non-hydrogen) atoms. The number of rotatable bonds is 2. The second kappa shape index (κ2) is 4.19. The summed E-state index contributed by atoms with van der Waals surface area (Å²) in [7, 11) is 0. The molecule has 0 bridgehead atoms. The van der Waals surface area contributed by atoms with Gasteiger partial charge in [0.25, 0.3) is 0 Å². The van der Waals surface area contributed by atoms with Crippen molar-refractivity contribution in [2.24, 2.45) is 0 Å². The summed E-state index contributed by atoms with van der Waals surface area (Å²) < 4.78 is 0. The molecule has 0 aromatic heterocycles. The lowest BCUT2D eigenvalue weighted by atomic mass is 10.2. The van der Waals surface area contributed by atoms with E-state index in [-0.39, 0.29) is 11.9 Å². The molecule has 1 aliphatic heterocycles. The Morgan fingerprint density at radius 3 is 2.79 bits per heavy atom. The predicted molar refractivity (Wildman–Crippen MR) is 53.1 cm³/mol. The van der Waals surface area contributed by atoms with E-state index >= 15 is 0 Å². The van der Waals surface area contributed by atoms with Crippen LogP contribution in [0.5, 0.6) is 0 Å². The number of hydrogen-bond acceptors (Lipinski definition) is 4. The average Bonchev–Trinajstić information content (AvgIpc) is 2.72. The van der Waals surface area contributed by atoms with Gasteiger partial charge in [-0.3, -0.25) is 4.79 Å². The summed E-state index contributed by atoms with van der Waals surface area (Å²) in [4.78, 5) is 11.6. The molecule has 1 atom stereocenters. The molecule has 74 valence electrons. The van der Waals surface area contributed by atoms with Gasteiger partial charge in [-0.25, -0.2) is 10.9 Å². The van der Waals surface area contributed by atoms with Gasteiger partial charge in [0.15, 0.2) is 0 Å². The molecule has 1 heterocycles. The Kier molecular flexibility index (Phi) is 2.73. The van der Waals surface area contributed by atoms with E-state index in [0.29, 0.717) is 6.54 Å². The Morgan fingerprint density at radius 1 is 1.36 bits per heavy atom. The number of benzene rings is 1. The number of carbonyl (C=O) groups is 1. The Balaban J connectivity index is 1.94. The summed E-state index contributed by atoms with van der Waals surface area (Å²) in [6.45, 7) is 0.582. The van der Waals surface area contributed by atoms with Gasteiger partial charge < -0.3 is 5.32 Å². The van der Waals surface area contributed by atoms with Crippen LogP contribution in [0.3, 0.4) is 0 Å². The molecule has 1 aliphatic rings. The van der Waals surface area contributed by atoms with Crippen molar-refractivity contribution >= 4 is 11.6 Å². The highest BCUT2D eigenvalue weighted by Crippen LogP contribution is 2.05. The van der Waals surface area contributed by atoms with Gasteiger partial charge in [-0.15, -0.1) is 0 Å². The maximum Gasteiger partial charge on any atom is 0.244 e. The van der Waals surface area contributed by atoms with E-state index in [0.717, 1.165) is 5.69 Å². The fraction of sp³-hybridized carbons (Fsp3) is 0.222. The fourth-order valence-electron chi connectivity index (χ4n) is 1.25. The lowest BCUT2D eigenvalue weighted by Gasteiger charge is -2.09. The summed E-state index contributed by atoms with van der Waals surface area (Å²) in [5, 5.41) is 2.80. The molecule has 0 spiro atoms. The van der Waals surface area contributed by atoms with Crippen LogP contribution in [-0.2, 0) is 4.79 Å². The van der Waals surface area contributed by atoms with Crippen molar-refractivity contribution in [3.8, 4) is 0 Å². The molecule has 0 radical (unpaired) electrons. The molecule has 5 nitrogen and oxygen atoms in total. The lowest BCUT2D eigenvalue weighted by molar-refractivity contribution is -0.117. The molecular weight excluding hydrogens is 180 g/mol. The maximum atomic E-state index is 11.6. The van der Waals surface area contributed by atoms with Crippen LogP contribution >= 0.6 is 0 Å². The SMILES string of the molecule is O=C(Nc1ccccc1)C1CNNN1. The van der Waals surface area contributed by atoms with Crippen molar-refractivity contribution < 1.29 is 4.79 Å². The fourth-order valence-corrected chi connectivity index (χ4v) is 1.25. The van der Waals surface area contributed by atoms with Gasteiger partial charge in [0.1, 0.15) is 6.04 Å². The minimum Gasteiger partial charge on any atom is -0.325 e. The van der Waals surface area contributed by atoms with Crippen molar-refractivity contribution in [3.05, 3.63) is 30.3 Å². The first-order valence-electron chi connectivity index (χ1n) is 4.45. The van der Waals surface area contributed by atoms with Gasteiger partial charge in [-0.2, -0.15) is 5.53 Å². The zero-order chi connectivity index (χ0) is 9.80. The molecule has 4 N–H and O–H groups in total. The second-order valence-corrected chi connectivity index (χ2v) is 3.06. The van der Waals surface area contributed by atoms with Crippen molar-refractivity contribution in [2.75, 3.05) is 11.9 Å². The van der Waals surface area contributed by atoms with Crippen LogP contribution in [0.25, 0.3) is 0 Å². The minimum atomic E-state index is -0.227. The summed E-state index contributed by atoms with van der Waals surface area (Å²) in [5.41, 5.74) is 9.11. The van der Waals surface area contributed by atoms with Gasteiger partial charge in [0.05, 0.1) is 0 Å². The Labute approximate surface area is 81.8 Å². The topological polar surface area (TPSA) is 65.2 Å². The largest absolute Gasteiger partial charge is 0.325 e. The first-order valence-corrected chi connectivity index (χ1v) is 4.45. The third kappa shape index (κ3) is 2.08. The highest BCUT2D eigenvalue weighted by Gasteiger charge is 2.21. The predicted octanol–water partition coefficient (Wildman–Crippen LogP) is -0.394. The second-order valence-electron chi connectivity index (χ2n) is 3.06. The Hall–Kier alpha value is -1.43. The first-order chi connectivity index (χ1) is 6.86. The molecule has 1 fully saturated rings. The van der Waals surface area contributed by atoms with E-state index in [9.17, 15) is 4.79 Å². The standard InChI is InChI=1S/C9H12N4O/c14-9(8-6-10-13-12-8)11-7-4-2-1-3-5-7/h1-5,8,10,12-13H,6H2,(H,11,14). The van der Waals surface area contributed by atoms with Gasteiger partial charge in [-0.1, -0.05) is 18.2 Å². The summed E-state index contributed by atoms with van der Waals surface area (Å²) >= 11 is 0. The van der Waals surface area contributed by atoms with Gasteiger partial charge in [0, 0.05) is 12.2 Å². The number of nitrogens with one attached hydrogen (secondary N) is 4. The molecule has 1 saturated heterocycles. The quantitative estimate of drug-likeness (QED) is 0.515. The number of anilines is 1. The highest BCUT2D eigenvalue weighted by atomic mass is 16.2. The van der Waals surface area contributed by atoms with E-state index in [1.54, 1.807) is 0 Å². The van der Waals surface area contributed by atoms with Crippen LogP contribution < -0.4 is 21.7 Å². The molecule has 1 aromatic rings. The number of carbonyl (C=O) groups excluding carboxylic acids is 1. The highest BCUT2D eigenvalue weighted by molar-refractivity contribution is 5.95. The molecule has 1 aromatic carbocycles.